The van der Waals surface area contributed by atoms with E-state index in [1.54, 1.807) is 0 Å². The van der Waals surface area contributed by atoms with Gasteiger partial charge in [-0.2, -0.15) is 4.98 Å². The van der Waals surface area contributed by atoms with Crippen molar-refractivity contribution in [1.82, 2.24) is 10.1 Å². The van der Waals surface area contributed by atoms with Crippen LogP contribution in [0.4, 0.5) is 8.78 Å². The monoisotopic (exact) mass is 244 g/mol. The van der Waals surface area contributed by atoms with Gasteiger partial charge < -0.3 is 4.52 Å². The molecule has 1 heterocycles. The lowest BCUT2D eigenvalue weighted by Gasteiger charge is -1.97. The zero-order valence-corrected chi connectivity index (χ0v) is 8.84. The highest BCUT2D eigenvalue weighted by molar-refractivity contribution is 6.16. The maximum absolute atomic E-state index is 12.9. The third-order valence-corrected chi connectivity index (χ3v) is 2.21. The molecule has 16 heavy (non-hydrogen) atoms. The van der Waals surface area contributed by atoms with Crippen LogP contribution in [0.1, 0.15) is 17.3 Å². The van der Waals surface area contributed by atoms with E-state index >= 15 is 0 Å². The van der Waals surface area contributed by atoms with Gasteiger partial charge in [0.25, 0.3) is 0 Å². The van der Waals surface area contributed by atoms with Crippen LogP contribution < -0.4 is 0 Å². The second-order valence-corrected chi connectivity index (χ2v) is 3.43. The largest absolute Gasteiger partial charge is 0.339 e. The van der Waals surface area contributed by atoms with E-state index in [0.29, 0.717) is 17.3 Å². The minimum absolute atomic E-state index is 0.154. The predicted octanol–water partition coefficient (Wildman–Crippen LogP) is 2.68. The fourth-order valence-corrected chi connectivity index (χ4v) is 1.35. The van der Waals surface area contributed by atoms with E-state index in [9.17, 15) is 8.78 Å². The molecule has 2 rings (SSSR count). The van der Waals surface area contributed by atoms with Crippen molar-refractivity contribution < 1.29 is 13.3 Å². The standard InChI is InChI=1S/C10H7ClF2N2O/c11-5-9-14-10(16-15-9)4-6-1-2-7(12)8(13)3-6/h1-3H,4-5H2. The first-order valence-electron chi connectivity index (χ1n) is 4.50. The van der Waals surface area contributed by atoms with Crippen LogP contribution in [0.25, 0.3) is 0 Å². The maximum atomic E-state index is 12.9. The van der Waals surface area contributed by atoms with Crippen molar-refractivity contribution in [1.29, 1.82) is 0 Å². The highest BCUT2D eigenvalue weighted by Gasteiger charge is 2.08. The molecule has 0 fully saturated rings. The summed E-state index contributed by atoms with van der Waals surface area (Å²) in [5, 5.41) is 3.58. The van der Waals surface area contributed by atoms with Gasteiger partial charge in [-0.15, -0.1) is 11.6 Å². The van der Waals surface area contributed by atoms with Gasteiger partial charge in [-0.1, -0.05) is 11.2 Å². The number of aromatic nitrogens is 2. The summed E-state index contributed by atoms with van der Waals surface area (Å²) >= 11 is 5.49. The van der Waals surface area contributed by atoms with Crippen molar-refractivity contribution in [2.45, 2.75) is 12.3 Å². The van der Waals surface area contributed by atoms with Crippen LogP contribution in [0, 0.1) is 11.6 Å². The van der Waals surface area contributed by atoms with Gasteiger partial charge in [0.2, 0.25) is 5.89 Å². The quantitative estimate of drug-likeness (QED) is 0.780. The molecular weight excluding hydrogens is 238 g/mol. The molecule has 0 bridgehead atoms. The van der Waals surface area contributed by atoms with E-state index in [-0.39, 0.29) is 12.3 Å². The predicted molar refractivity (Wildman–Crippen MR) is 53.0 cm³/mol. The number of hydrogen-bond acceptors (Lipinski definition) is 3. The van der Waals surface area contributed by atoms with Crippen LogP contribution in [0.2, 0.25) is 0 Å². The van der Waals surface area contributed by atoms with E-state index in [0.717, 1.165) is 12.1 Å². The van der Waals surface area contributed by atoms with Gasteiger partial charge in [0, 0.05) is 0 Å². The zero-order chi connectivity index (χ0) is 11.5. The molecule has 1 aromatic heterocycles. The van der Waals surface area contributed by atoms with Crippen LogP contribution in [0.3, 0.4) is 0 Å². The fourth-order valence-electron chi connectivity index (χ4n) is 1.24. The van der Waals surface area contributed by atoms with Crippen molar-refractivity contribution >= 4 is 11.6 Å². The lowest BCUT2D eigenvalue weighted by atomic mass is 10.1. The van der Waals surface area contributed by atoms with Crippen LogP contribution >= 0.6 is 11.6 Å². The van der Waals surface area contributed by atoms with Crippen LogP contribution in [0.15, 0.2) is 22.7 Å². The Balaban J connectivity index is 2.17. The minimum atomic E-state index is -0.894. The highest BCUT2D eigenvalue weighted by Crippen LogP contribution is 2.12. The van der Waals surface area contributed by atoms with Crippen LogP contribution in [-0.2, 0) is 12.3 Å². The molecule has 6 heteroatoms. The van der Waals surface area contributed by atoms with Crippen molar-refractivity contribution in [3.8, 4) is 0 Å². The molecule has 0 N–H and O–H groups in total. The number of hydrogen-bond donors (Lipinski definition) is 0. The molecule has 84 valence electrons. The Morgan fingerprint density at radius 1 is 1.25 bits per heavy atom. The number of halogens is 3. The van der Waals surface area contributed by atoms with Gasteiger partial charge in [-0.05, 0) is 17.7 Å². The van der Waals surface area contributed by atoms with Crippen molar-refractivity contribution in [2.75, 3.05) is 0 Å². The van der Waals surface area contributed by atoms with Gasteiger partial charge in [-0.3, -0.25) is 0 Å². The number of nitrogens with zero attached hydrogens (tertiary/aromatic N) is 2. The molecule has 3 nitrogen and oxygen atoms in total. The maximum Gasteiger partial charge on any atom is 0.231 e. The van der Waals surface area contributed by atoms with E-state index < -0.39 is 11.6 Å². The topological polar surface area (TPSA) is 38.9 Å². The Labute approximate surface area is 95.0 Å². The summed E-state index contributed by atoms with van der Waals surface area (Å²) in [4.78, 5) is 3.95. The summed E-state index contributed by atoms with van der Waals surface area (Å²) in [6.07, 6.45) is 0.251. The summed E-state index contributed by atoms with van der Waals surface area (Å²) in [6, 6.07) is 3.62. The van der Waals surface area contributed by atoms with E-state index in [1.807, 2.05) is 0 Å². The molecule has 0 amide bonds. The van der Waals surface area contributed by atoms with Gasteiger partial charge in [-0.25, -0.2) is 8.78 Å². The molecule has 0 aliphatic carbocycles. The molecule has 0 unspecified atom stereocenters. The molecule has 0 spiro atoms. The lowest BCUT2D eigenvalue weighted by molar-refractivity contribution is 0.380. The summed E-state index contributed by atoms with van der Waals surface area (Å²) < 4.78 is 30.4. The Morgan fingerprint density at radius 2 is 2.06 bits per heavy atom. The molecule has 0 radical (unpaired) electrons. The summed E-state index contributed by atoms with van der Waals surface area (Å²) in [5.74, 6) is -0.924. The minimum Gasteiger partial charge on any atom is -0.339 e. The molecule has 0 aliphatic heterocycles. The Morgan fingerprint density at radius 3 is 2.69 bits per heavy atom. The van der Waals surface area contributed by atoms with Crippen LogP contribution in [0.5, 0.6) is 0 Å². The first kappa shape index (κ1) is 11.0. The van der Waals surface area contributed by atoms with Crippen molar-refractivity contribution in [3.05, 3.63) is 47.1 Å². The van der Waals surface area contributed by atoms with Gasteiger partial charge in [0.05, 0.1) is 12.3 Å². The first-order valence-corrected chi connectivity index (χ1v) is 5.04. The average Bonchev–Trinajstić information content (AvgIpc) is 2.71. The molecule has 2 aromatic rings. The zero-order valence-electron chi connectivity index (χ0n) is 8.08. The average molecular weight is 245 g/mol. The fraction of sp³-hybridized carbons (Fsp3) is 0.200. The molecule has 0 saturated carbocycles. The normalized spacial score (nSPS) is 10.7. The second kappa shape index (κ2) is 4.57. The van der Waals surface area contributed by atoms with Crippen molar-refractivity contribution in [2.24, 2.45) is 0 Å². The molecule has 0 atom stereocenters. The highest BCUT2D eigenvalue weighted by atomic mass is 35.5. The third-order valence-electron chi connectivity index (χ3n) is 1.97. The van der Waals surface area contributed by atoms with Gasteiger partial charge in [0.1, 0.15) is 0 Å². The molecule has 0 aliphatic rings. The van der Waals surface area contributed by atoms with Crippen LogP contribution in [-0.4, -0.2) is 10.1 Å². The Kier molecular flexibility index (Phi) is 3.14. The third kappa shape index (κ3) is 2.36. The van der Waals surface area contributed by atoms with E-state index in [2.05, 4.69) is 10.1 Å². The number of rotatable bonds is 3. The summed E-state index contributed by atoms with van der Waals surface area (Å²) in [5.41, 5.74) is 0.559. The second-order valence-electron chi connectivity index (χ2n) is 3.16. The van der Waals surface area contributed by atoms with Gasteiger partial charge >= 0.3 is 0 Å². The molecule has 0 saturated heterocycles. The SMILES string of the molecule is Fc1ccc(Cc2nc(CCl)no2)cc1F. The Bertz CT molecular complexity index is 501. The van der Waals surface area contributed by atoms with E-state index in [4.69, 9.17) is 16.1 Å². The summed E-state index contributed by atoms with van der Waals surface area (Å²) in [7, 11) is 0. The number of benzene rings is 1. The smallest absolute Gasteiger partial charge is 0.231 e. The molecule has 1 aromatic carbocycles. The lowest BCUT2D eigenvalue weighted by Crippen LogP contribution is -1.92. The first-order chi connectivity index (χ1) is 7.69. The molecular formula is C10H7ClF2N2O. The summed E-state index contributed by atoms with van der Waals surface area (Å²) in [6.45, 7) is 0. The van der Waals surface area contributed by atoms with Crippen molar-refractivity contribution in [3.63, 3.8) is 0 Å². The van der Waals surface area contributed by atoms with Gasteiger partial charge in [0.15, 0.2) is 17.5 Å². The number of alkyl halides is 1. The Hall–Kier alpha value is -1.49. The van der Waals surface area contributed by atoms with E-state index in [1.165, 1.54) is 6.07 Å².